The molecule has 0 heterocycles. The van der Waals surface area contributed by atoms with Gasteiger partial charge in [0.15, 0.2) is 0 Å². The van der Waals surface area contributed by atoms with Gasteiger partial charge in [0.1, 0.15) is 0 Å². The molecule has 1 fully saturated rings. The lowest BCUT2D eigenvalue weighted by Crippen LogP contribution is -2.00. The lowest BCUT2D eigenvalue weighted by Gasteiger charge is -1.96. The van der Waals surface area contributed by atoms with Crippen molar-refractivity contribution in [1.29, 1.82) is 0 Å². The van der Waals surface area contributed by atoms with Crippen LogP contribution in [0, 0.1) is 12.0 Å². The molecule has 0 spiro atoms. The van der Waals surface area contributed by atoms with Crippen molar-refractivity contribution in [1.82, 2.24) is 0 Å². The molecule has 3 heteroatoms. The molecule has 1 saturated carbocycles. The lowest BCUT2D eigenvalue weighted by molar-refractivity contribution is 0.0851. The molecule has 1 aliphatic carbocycles. The lowest BCUT2D eigenvalue weighted by atomic mass is 10.3. The molecule has 0 amide bonds. The van der Waals surface area contributed by atoms with Crippen molar-refractivity contribution in [3.8, 4) is 0 Å². The Labute approximate surface area is 46.3 Å². The van der Waals surface area contributed by atoms with E-state index in [-0.39, 0.29) is 12.5 Å². The first-order valence-corrected chi connectivity index (χ1v) is 2.44. The Morgan fingerprint density at radius 3 is 2.12 bits per heavy atom. The Morgan fingerprint density at radius 1 is 1.75 bits per heavy atom. The molecule has 1 atom stereocenters. The van der Waals surface area contributed by atoms with Gasteiger partial charge in [-0.3, -0.25) is 0 Å². The normalized spacial score (nSPS) is 33.4. The fourth-order valence-corrected chi connectivity index (χ4v) is 0.667. The summed E-state index contributed by atoms with van der Waals surface area (Å²) in [6, 6.07) is 0. The van der Waals surface area contributed by atoms with Crippen molar-refractivity contribution in [2.75, 3.05) is 0 Å². The summed E-state index contributed by atoms with van der Waals surface area (Å²) in [6.45, 7) is 1.31. The first-order valence-electron chi connectivity index (χ1n) is 2.44. The van der Waals surface area contributed by atoms with Crippen LogP contribution < -0.4 is 0 Å². The maximum Gasteiger partial charge on any atom is 0.254 e. The van der Waals surface area contributed by atoms with Gasteiger partial charge in [-0.25, -0.2) is 8.78 Å². The van der Waals surface area contributed by atoms with Crippen LogP contribution >= 0.6 is 0 Å². The second kappa shape index (κ2) is 1.41. The fourth-order valence-electron chi connectivity index (χ4n) is 0.667. The maximum atomic E-state index is 11.9. The Morgan fingerprint density at radius 2 is 2.12 bits per heavy atom. The second-order valence-corrected chi connectivity index (χ2v) is 2.16. The summed E-state index contributed by atoms with van der Waals surface area (Å²) in [5.74, 6) is -3.44. The number of halogens is 2. The Kier molecular flexibility index (Phi) is 1.05. The summed E-state index contributed by atoms with van der Waals surface area (Å²) in [6.07, 6.45) is -0.315. The van der Waals surface area contributed by atoms with Gasteiger partial charge in [-0.15, -0.1) is 0 Å². The van der Waals surface area contributed by atoms with Crippen LogP contribution in [0.1, 0.15) is 13.3 Å². The van der Waals surface area contributed by atoms with E-state index >= 15 is 0 Å². The third-order valence-electron chi connectivity index (χ3n) is 1.33. The summed E-state index contributed by atoms with van der Waals surface area (Å²) in [5.41, 5.74) is 0. The zero-order valence-electron chi connectivity index (χ0n) is 4.49. The van der Waals surface area contributed by atoms with E-state index in [2.05, 4.69) is 0 Å². The summed E-state index contributed by atoms with van der Waals surface area (Å²) in [4.78, 5) is 0. The van der Waals surface area contributed by atoms with Gasteiger partial charge < -0.3 is 5.11 Å². The van der Waals surface area contributed by atoms with E-state index in [1.54, 1.807) is 0 Å². The Bertz CT molecular complexity index is 101. The smallest absolute Gasteiger partial charge is 0.254 e. The largest absolute Gasteiger partial charge is 0.387 e. The zero-order valence-corrected chi connectivity index (χ0v) is 4.49. The van der Waals surface area contributed by atoms with Crippen LogP contribution in [0.3, 0.4) is 0 Å². The molecular formula is C5H7F2O. The van der Waals surface area contributed by atoms with Gasteiger partial charge in [0.2, 0.25) is 0 Å². The first-order chi connectivity index (χ1) is 3.54. The summed E-state index contributed by atoms with van der Waals surface area (Å²) >= 11 is 0. The highest BCUT2D eigenvalue weighted by molar-refractivity contribution is 5.05. The van der Waals surface area contributed by atoms with E-state index in [4.69, 9.17) is 5.11 Å². The van der Waals surface area contributed by atoms with Crippen molar-refractivity contribution >= 4 is 0 Å². The predicted octanol–water partition coefficient (Wildman–Crippen LogP) is 1.57. The number of hydrogen-bond acceptors (Lipinski definition) is 1. The van der Waals surface area contributed by atoms with Crippen molar-refractivity contribution in [3.05, 3.63) is 6.10 Å². The molecule has 1 N–H and O–H groups in total. The van der Waals surface area contributed by atoms with Crippen LogP contribution in [-0.2, 0) is 0 Å². The molecule has 0 saturated heterocycles. The molecule has 1 unspecified atom stereocenters. The molecule has 1 nitrogen and oxygen atoms in total. The Hall–Kier alpha value is -0.180. The van der Waals surface area contributed by atoms with Gasteiger partial charge in [0, 0.05) is 6.42 Å². The number of rotatable bonds is 1. The minimum absolute atomic E-state index is 0.144. The monoisotopic (exact) mass is 121 g/mol. The number of hydrogen-bond donors (Lipinski definition) is 1. The zero-order chi connectivity index (χ0) is 6.36. The number of aliphatic hydroxyl groups is 1. The molecule has 1 radical (unpaired) electrons. The molecule has 1 aliphatic rings. The molecule has 0 aromatic rings. The van der Waals surface area contributed by atoms with Crippen LogP contribution in [0.2, 0.25) is 0 Å². The molecule has 0 aromatic heterocycles. The van der Waals surface area contributed by atoms with Crippen LogP contribution in [0.15, 0.2) is 0 Å². The minimum Gasteiger partial charge on any atom is -0.387 e. The predicted molar refractivity (Wildman–Crippen MR) is 23.9 cm³/mol. The standard InChI is InChI=1S/C5H7F2O/c1-3(8)4-2-5(4,6)7/h4,8H,2H2,1H3. The van der Waals surface area contributed by atoms with Crippen molar-refractivity contribution < 1.29 is 13.9 Å². The van der Waals surface area contributed by atoms with E-state index in [0.29, 0.717) is 0 Å². The average Bonchev–Trinajstić information content (AvgIpc) is 2.13. The van der Waals surface area contributed by atoms with E-state index in [1.807, 2.05) is 0 Å². The van der Waals surface area contributed by atoms with Crippen molar-refractivity contribution in [2.24, 2.45) is 5.92 Å². The number of aliphatic hydroxyl groups excluding tert-OH is 1. The van der Waals surface area contributed by atoms with Gasteiger partial charge in [0.05, 0.1) is 12.0 Å². The highest BCUT2D eigenvalue weighted by atomic mass is 19.3. The fraction of sp³-hybridized carbons (Fsp3) is 0.800. The van der Waals surface area contributed by atoms with E-state index < -0.39 is 11.8 Å². The summed E-state index contributed by atoms with van der Waals surface area (Å²) in [5, 5.41) is 8.46. The van der Waals surface area contributed by atoms with E-state index in [1.165, 1.54) is 6.92 Å². The molecule has 0 aliphatic heterocycles. The van der Waals surface area contributed by atoms with E-state index in [0.717, 1.165) is 0 Å². The minimum atomic E-state index is -2.60. The second-order valence-electron chi connectivity index (χ2n) is 2.16. The SMILES string of the molecule is C[C](O)C1CC1(F)F. The quantitative estimate of drug-likeness (QED) is 0.558. The van der Waals surface area contributed by atoms with Crippen molar-refractivity contribution in [3.63, 3.8) is 0 Å². The van der Waals surface area contributed by atoms with Gasteiger partial charge in [-0.2, -0.15) is 0 Å². The molecule has 8 heavy (non-hydrogen) atoms. The van der Waals surface area contributed by atoms with Gasteiger partial charge >= 0.3 is 0 Å². The summed E-state index contributed by atoms with van der Waals surface area (Å²) < 4.78 is 23.7. The van der Waals surface area contributed by atoms with Gasteiger partial charge in [0.25, 0.3) is 5.92 Å². The summed E-state index contributed by atoms with van der Waals surface area (Å²) in [7, 11) is 0. The Balaban J connectivity index is 2.37. The molecule has 0 aromatic carbocycles. The maximum absolute atomic E-state index is 11.9. The van der Waals surface area contributed by atoms with Gasteiger partial charge in [-0.1, -0.05) is 0 Å². The molecule has 1 rings (SSSR count). The van der Waals surface area contributed by atoms with Crippen molar-refractivity contribution in [2.45, 2.75) is 19.3 Å². The molecular weight excluding hydrogens is 114 g/mol. The van der Waals surface area contributed by atoms with Crippen LogP contribution in [0.5, 0.6) is 0 Å². The first kappa shape index (κ1) is 5.95. The highest BCUT2D eigenvalue weighted by Crippen LogP contribution is 2.52. The van der Waals surface area contributed by atoms with Crippen LogP contribution in [0.4, 0.5) is 8.78 Å². The number of alkyl halides is 2. The third kappa shape index (κ3) is 0.823. The third-order valence-corrected chi connectivity index (χ3v) is 1.33. The topological polar surface area (TPSA) is 20.2 Å². The van der Waals surface area contributed by atoms with Gasteiger partial charge in [-0.05, 0) is 6.92 Å². The van der Waals surface area contributed by atoms with Crippen LogP contribution in [0.25, 0.3) is 0 Å². The van der Waals surface area contributed by atoms with Crippen LogP contribution in [-0.4, -0.2) is 11.0 Å². The average molecular weight is 121 g/mol. The van der Waals surface area contributed by atoms with E-state index in [9.17, 15) is 8.78 Å². The molecule has 0 bridgehead atoms. The molecule has 47 valence electrons. The highest BCUT2D eigenvalue weighted by Gasteiger charge is 2.59.